The Kier molecular flexibility index (Phi) is 5.17. The van der Waals surface area contributed by atoms with Gasteiger partial charge in [-0.3, -0.25) is 10.1 Å². The number of hydrogen-bond acceptors (Lipinski definition) is 4. The molecule has 1 aromatic carbocycles. The molecule has 106 valence electrons. The van der Waals surface area contributed by atoms with Crippen molar-refractivity contribution in [3.05, 3.63) is 41.8 Å². The van der Waals surface area contributed by atoms with Gasteiger partial charge in [0.15, 0.2) is 0 Å². The molecule has 0 saturated heterocycles. The highest BCUT2D eigenvalue weighted by molar-refractivity contribution is 7.99. The van der Waals surface area contributed by atoms with Gasteiger partial charge in [0.05, 0.1) is 5.69 Å². The second kappa shape index (κ2) is 7.09. The van der Waals surface area contributed by atoms with Crippen LogP contribution in [0.4, 0.5) is 10.3 Å². The lowest BCUT2D eigenvalue weighted by Crippen LogP contribution is -2.10. The number of nitrogens with zero attached hydrogens (tertiary/aromatic N) is 1. The molecule has 0 fully saturated rings. The Morgan fingerprint density at radius 3 is 2.80 bits per heavy atom. The summed E-state index contributed by atoms with van der Waals surface area (Å²) in [5, 5.41) is 6.33. The summed E-state index contributed by atoms with van der Waals surface area (Å²) in [7, 11) is 0. The number of nitrogens with one attached hydrogen (secondary N) is 1. The van der Waals surface area contributed by atoms with Crippen LogP contribution in [0, 0.1) is 12.7 Å². The van der Waals surface area contributed by atoms with Crippen LogP contribution < -0.4 is 5.32 Å². The summed E-state index contributed by atoms with van der Waals surface area (Å²) >= 11 is 1.60. The molecule has 0 aliphatic carbocycles. The zero-order valence-corrected chi connectivity index (χ0v) is 11.9. The molecule has 0 atom stereocenters. The average Bonchev–Trinajstić information content (AvgIpc) is 2.82. The van der Waals surface area contributed by atoms with Gasteiger partial charge in [0.1, 0.15) is 5.82 Å². The summed E-state index contributed by atoms with van der Waals surface area (Å²) in [6, 6.07) is 8.00. The standard InChI is InChI=1S/C14H15FN2O2S/c1-10-9-14(19-17-10)16-13(18)3-2-8-20-12-6-4-11(15)5-7-12/h4-7,9H,2-3,8H2,1H3,(H,16,18). The molecule has 1 N–H and O–H groups in total. The van der Waals surface area contributed by atoms with Gasteiger partial charge in [-0.1, -0.05) is 5.16 Å². The molecule has 4 nitrogen and oxygen atoms in total. The van der Waals surface area contributed by atoms with Crippen molar-refractivity contribution in [2.24, 2.45) is 0 Å². The van der Waals surface area contributed by atoms with E-state index in [4.69, 9.17) is 4.52 Å². The Morgan fingerprint density at radius 1 is 1.40 bits per heavy atom. The highest BCUT2D eigenvalue weighted by atomic mass is 32.2. The number of hydrogen-bond donors (Lipinski definition) is 1. The molecule has 0 aliphatic heterocycles. The molecule has 1 aromatic heterocycles. The molecule has 0 bridgehead atoms. The van der Waals surface area contributed by atoms with Crippen molar-refractivity contribution in [1.29, 1.82) is 0 Å². The quantitative estimate of drug-likeness (QED) is 0.653. The van der Waals surface area contributed by atoms with E-state index in [0.29, 0.717) is 12.3 Å². The molecular weight excluding hydrogens is 279 g/mol. The third-order valence-corrected chi connectivity index (χ3v) is 3.62. The number of rotatable bonds is 6. The van der Waals surface area contributed by atoms with E-state index in [2.05, 4.69) is 10.5 Å². The van der Waals surface area contributed by atoms with Crippen LogP contribution in [0.5, 0.6) is 0 Å². The molecule has 6 heteroatoms. The van der Waals surface area contributed by atoms with Gasteiger partial charge >= 0.3 is 0 Å². The number of carbonyl (C=O) groups is 1. The Morgan fingerprint density at radius 2 is 2.15 bits per heavy atom. The van der Waals surface area contributed by atoms with E-state index in [0.717, 1.165) is 22.8 Å². The van der Waals surface area contributed by atoms with E-state index in [1.54, 1.807) is 36.9 Å². The summed E-state index contributed by atoms with van der Waals surface area (Å²) in [4.78, 5) is 12.6. The van der Waals surface area contributed by atoms with Gasteiger partial charge in [0, 0.05) is 17.4 Å². The average molecular weight is 294 g/mol. The summed E-state index contributed by atoms with van der Waals surface area (Å²) in [6.07, 6.45) is 1.15. The Bertz CT molecular complexity index is 569. The van der Waals surface area contributed by atoms with Gasteiger partial charge < -0.3 is 4.52 Å². The van der Waals surface area contributed by atoms with Gasteiger partial charge in [-0.25, -0.2) is 4.39 Å². The molecule has 1 amide bonds. The molecule has 2 aromatic rings. The predicted octanol–water partition coefficient (Wildman–Crippen LogP) is 3.63. The molecule has 2 rings (SSSR count). The minimum atomic E-state index is -0.240. The first-order valence-electron chi connectivity index (χ1n) is 6.25. The number of aryl methyl sites for hydroxylation is 1. The molecule has 0 saturated carbocycles. The molecule has 1 heterocycles. The SMILES string of the molecule is Cc1cc(NC(=O)CCCSc2ccc(F)cc2)on1. The van der Waals surface area contributed by atoms with Gasteiger partial charge in [-0.2, -0.15) is 0 Å². The minimum absolute atomic E-state index is 0.0964. The maximum absolute atomic E-state index is 12.7. The maximum Gasteiger partial charge on any atom is 0.231 e. The topological polar surface area (TPSA) is 55.1 Å². The molecule has 0 radical (unpaired) electrons. The van der Waals surface area contributed by atoms with Crippen molar-refractivity contribution in [1.82, 2.24) is 5.16 Å². The van der Waals surface area contributed by atoms with Crippen LogP contribution in [-0.4, -0.2) is 16.8 Å². The van der Waals surface area contributed by atoms with Crippen LogP contribution in [-0.2, 0) is 4.79 Å². The van der Waals surface area contributed by atoms with Gasteiger partial charge in [-0.15, -0.1) is 11.8 Å². The van der Waals surface area contributed by atoms with Gasteiger partial charge in [0.25, 0.3) is 0 Å². The predicted molar refractivity (Wildman–Crippen MR) is 76.2 cm³/mol. The van der Waals surface area contributed by atoms with E-state index in [9.17, 15) is 9.18 Å². The lowest BCUT2D eigenvalue weighted by molar-refractivity contribution is -0.116. The fourth-order valence-electron chi connectivity index (χ4n) is 1.58. The summed E-state index contributed by atoms with van der Waals surface area (Å²) < 4.78 is 17.6. The van der Waals surface area contributed by atoms with Crippen molar-refractivity contribution in [3.63, 3.8) is 0 Å². The van der Waals surface area contributed by atoms with Crippen LogP contribution in [0.15, 0.2) is 39.8 Å². The number of thioether (sulfide) groups is 1. The number of benzene rings is 1. The normalized spacial score (nSPS) is 10.5. The third kappa shape index (κ3) is 4.70. The highest BCUT2D eigenvalue weighted by Crippen LogP contribution is 2.19. The van der Waals surface area contributed by atoms with E-state index >= 15 is 0 Å². The summed E-state index contributed by atoms with van der Waals surface area (Å²) in [6.45, 7) is 1.79. The third-order valence-electron chi connectivity index (χ3n) is 2.52. The van der Waals surface area contributed by atoms with Crippen molar-refractivity contribution >= 4 is 23.6 Å². The lowest BCUT2D eigenvalue weighted by Gasteiger charge is -2.02. The minimum Gasteiger partial charge on any atom is -0.338 e. The largest absolute Gasteiger partial charge is 0.338 e. The highest BCUT2D eigenvalue weighted by Gasteiger charge is 2.06. The van der Waals surface area contributed by atoms with Crippen LogP contribution in [0.1, 0.15) is 18.5 Å². The van der Waals surface area contributed by atoms with Crippen molar-refractivity contribution in [3.8, 4) is 0 Å². The summed E-state index contributed by atoms with van der Waals surface area (Å²) in [5.74, 6) is 0.838. The first kappa shape index (κ1) is 14.6. The molecule has 0 spiro atoms. The van der Waals surface area contributed by atoms with Crippen LogP contribution >= 0.6 is 11.8 Å². The van der Waals surface area contributed by atoms with Gasteiger partial charge in [-0.05, 0) is 43.4 Å². The van der Waals surface area contributed by atoms with E-state index < -0.39 is 0 Å². The number of halogens is 1. The first-order chi connectivity index (χ1) is 9.63. The van der Waals surface area contributed by atoms with Crippen LogP contribution in [0.3, 0.4) is 0 Å². The Labute approximate surface area is 120 Å². The van der Waals surface area contributed by atoms with E-state index in [1.807, 2.05) is 0 Å². The first-order valence-corrected chi connectivity index (χ1v) is 7.23. The zero-order valence-electron chi connectivity index (χ0n) is 11.1. The van der Waals surface area contributed by atoms with E-state index in [-0.39, 0.29) is 11.7 Å². The monoisotopic (exact) mass is 294 g/mol. The molecular formula is C14H15FN2O2S. The van der Waals surface area contributed by atoms with E-state index in [1.165, 1.54) is 12.1 Å². The second-order valence-corrected chi connectivity index (χ2v) is 5.45. The summed E-state index contributed by atoms with van der Waals surface area (Å²) in [5.41, 5.74) is 0.729. The van der Waals surface area contributed by atoms with Crippen molar-refractivity contribution < 1.29 is 13.7 Å². The second-order valence-electron chi connectivity index (χ2n) is 4.29. The zero-order chi connectivity index (χ0) is 14.4. The number of amides is 1. The van der Waals surface area contributed by atoms with Crippen molar-refractivity contribution in [2.45, 2.75) is 24.7 Å². The molecule has 20 heavy (non-hydrogen) atoms. The van der Waals surface area contributed by atoms with Crippen LogP contribution in [0.2, 0.25) is 0 Å². The molecule has 0 aliphatic rings. The molecule has 0 unspecified atom stereocenters. The van der Waals surface area contributed by atoms with Crippen LogP contribution in [0.25, 0.3) is 0 Å². The lowest BCUT2D eigenvalue weighted by atomic mass is 10.3. The number of aromatic nitrogens is 1. The number of carbonyl (C=O) groups excluding carboxylic acids is 1. The van der Waals surface area contributed by atoms with Gasteiger partial charge in [0.2, 0.25) is 11.8 Å². The fraction of sp³-hybridized carbons (Fsp3) is 0.286. The fourth-order valence-corrected chi connectivity index (χ4v) is 2.43. The Hall–Kier alpha value is -1.82. The van der Waals surface area contributed by atoms with Crippen molar-refractivity contribution in [2.75, 3.05) is 11.1 Å². The smallest absolute Gasteiger partial charge is 0.231 e. The number of anilines is 1. The maximum atomic E-state index is 12.7. The Balaban J connectivity index is 1.65.